The van der Waals surface area contributed by atoms with E-state index in [1.54, 1.807) is 20.8 Å². The number of carboxylic acid groups (broad SMARTS) is 1. The quantitative estimate of drug-likeness (QED) is 0.0507. The number of halogens is 2. The summed E-state index contributed by atoms with van der Waals surface area (Å²) in [5, 5.41) is 132. The van der Waals surface area contributed by atoms with E-state index < -0.39 is 269 Å². The van der Waals surface area contributed by atoms with E-state index in [4.69, 9.17) is 63.1 Å². The third-order valence-corrected chi connectivity index (χ3v) is 20.7. The second-order valence-corrected chi connectivity index (χ2v) is 30.2. The van der Waals surface area contributed by atoms with Gasteiger partial charge in [-0.05, 0) is 122 Å². The van der Waals surface area contributed by atoms with Gasteiger partial charge in [0, 0.05) is 34.7 Å². The van der Waals surface area contributed by atoms with E-state index in [1.807, 2.05) is 4.83 Å². The van der Waals surface area contributed by atoms with Gasteiger partial charge in [-0.2, -0.15) is 18.4 Å². The number of aromatic hydroxyl groups is 3. The number of phenolic OH excluding ortho intramolecular Hbond substituents is 3. The number of hydrazone groups is 1. The van der Waals surface area contributed by atoms with E-state index >= 15 is 19.2 Å². The second-order valence-electron chi connectivity index (χ2n) is 27.8. The molecule has 2 fully saturated rings. The Morgan fingerprint density at radius 3 is 1.91 bits per heavy atom. The van der Waals surface area contributed by atoms with Crippen molar-refractivity contribution in [1.82, 2.24) is 36.7 Å². The van der Waals surface area contributed by atoms with Gasteiger partial charge in [0.2, 0.25) is 47.5 Å². The van der Waals surface area contributed by atoms with Gasteiger partial charge in [-0.25, -0.2) is 4.79 Å². The maximum Gasteiger partial charge on any atom is 0.330 e. The van der Waals surface area contributed by atoms with E-state index in [2.05, 4.69) is 37.0 Å². The van der Waals surface area contributed by atoms with Gasteiger partial charge in [-0.3, -0.25) is 33.6 Å². The largest absolute Gasteiger partial charge is 0.508 e. The Labute approximate surface area is 641 Å². The highest BCUT2D eigenvalue weighted by atomic mass is 35.5. The van der Waals surface area contributed by atoms with E-state index in [9.17, 15) is 78.7 Å². The Morgan fingerprint density at radius 2 is 1.32 bits per heavy atom. The molecule has 0 aliphatic carbocycles. The minimum atomic E-state index is -4.48. The number of aliphatic carboxylic acids is 1. The molecule has 21 N–H and O–H groups in total. The van der Waals surface area contributed by atoms with Gasteiger partial charge in [0.1, 0.15) is 95.2 Å². The molecular weight excluding hydrogens is 1520 g/mol. The fourth-order valence-electron chi connectivity index (χ4n) is 13.1. The summed E-state index contributed by atoms with van der Waals surface area (Å²) in [7, 11) is -4.48. The summed E-state index contributed by atoms with van der Waals surface area (Å²) in [6, 6.07) is 4.74. The number of fused-ring (bicyclic) bond motifs is 15. The van der Waals surface area contributed by atoms with E-state index in [1.165, 1.54) is 38.1 Å². The molecular formula is C72H78Cl2N10O26S. The van der Waals surface area contributed by atoms with Crippen LogP contribution in [0.15, 0.2) is 113 Å². The molecule has 7 aliphatic heterocycles. The molecule has 6 aromatic carbocycles. The Morgan fingerprint density at radius 1 is 0.712 bits per heavy atom. The van der Waals surface area contributed by atoms with Gasteiger partial charge < -0.3 is 123 Å². The van der Waals surface area contributed by atoms with Gasteiger partial charge in [-0.15, -0.1) is 0 Å². The van der Waals surface area contributed by atoms with Crippen LogP contribution in [-0.4, -0.2) is 192 Å². The lowest BCUT2D eigenvalue weighted by atomic mass is 9.86. The van der Waals surface area contributed by atoms with Crippen molar-refractivity contribution < 1.29 is 126 Å². The molecule has 39 heteroatoms. The average Bonchev–Trinajstić information content (AvgIpc) is 0.768. The summed E-state index contributed by atoms with van der Waals surface area (Å²) in [6.07, 6.45) is -19.7. The first-order valence-corrected chi connectivity index (χ1v) is 36.5. The number of carboxylic acids is 1. The predicted octanol–water partition coefficient (Wildman–Crippen LogP) is 1.16. The van der Waals surface area contributed by atoms with Crippen LogP contribution in [-0.2, 0) is 62.6 Å². The number of sulfonamides is 1. The van der Waals surface area contributed by atoms with Crippen molar-refractivity contribution >= 4 is 86.3 Å². The number of hydrogen-bond donors (Lipinski definition) is 19. The average molecular weight is 1600 g/mol. The number of nitrogens with one attached hydrogen (secondary N) is 7. The lowest BCUT2D eigenvalue weighted by Gasteiger charge is -2.47. The van der Waals surface area contributed by atoms with Crippen LogP contribution in [0, 0.1) is 12.8 Å². The Hall–Kier alpha value is -10.5. The lowest BCUT2D eigenvalue weighted by Crippen LogP contribution is -2.64. The molecule has 0 radical (unpaired) electrons. The summed E-state index contributed by atoms with van der Waals surface area (Å²) < 4.78 is 65.4. The van der Waals surface area contributed by atoms with Crippen LogP contribution in [0.1, 0.15) is 111 Å². The number of rotatable bonds is 15. The first-order valence-electron chi connectivity index (χ1n) is 34.2. The summed E-state index contributed by atoms with van der Waals surface area (Å²) in [5.41, 5.74) is 7.83. The van der Waals surface area contributed by atoms with Crippen LogP contribution in [0.2, 0.25) is 10.0 Å². The number of ether oxygens (including phenoxy) is 6. The number of primary amides is 1. The molecule has 7 amide bonds. The lowest BCUT2D eigenvalue weighted by molar-refractivity contribution is -0.333. The fourth-order valence-corrected chi connectivity index (χ4v) is 14.4. The molecule has 13 rings (SSSR count). The number of carbonyl (C=O) groups excluding carboxylic acids is 7. The number of nitrogens with zero attached hydrogens (tertiary/aromatic N) is 1. The fraction of sp³-hybridized carbons (Fsp3) is 0.375. The SMILES string of the molecule is Cc1ccc(S(=O)(=O)N/N=C(\CC(C)C)C(=O)N[C@H]2C(=O)N[C@@H](CC(N)=O)C(=O)N[C@H]3C(=O)N[C@H]4C(=O)N[C@H](C(=O)N[C@H](C(=O)O)c5cc(O)cc(O)c5-c5cc4ccc5O)[C@H](O)c4ccc(c(Cl)c4)Oc4cc3cc(c4O[C@H]3O[C@@H](CO)[C@H](O)[C@@H](O)[C@@H]3O[C@H]3C[C@](C)(N)[C@H](O)[C@H](C)O3)Oc3ccc(cc3Cl)[C@H]2O)cc1. The molecule has 6 aromatic rings. The molecule has 0 saturated carbocycles. The van der Waals surface area contributed by atoms with Crippen molar-refractivity contribution in [2.45, 2.75) is 162 Å². The predicted molar refractivity (Wildman–Crippen MR) is 385 cm³/mol. The number of benzene rings is 6. The minimum absolute atomic E-state index is 0.254. The number of aliphatic hydroxyl groups excluding tert-OH is 6. The zero-order valence-electron chi connectivity index (χ0n) is 59.2. The van der Waals surface area contributed by atoms with Crippen molar-refractivity contribution in [3.63, 3.8) is 0 Å². The van der Waals surface area contributed by atoms with Crippen LogP contribution in [0.3, 0.4) is 0 Å². The minimum Gasteiger partial charge on any atom is -0.508 e. The van der Waals surface area contributed by atoms with Crippen LogP contribution in [0.5, 0.6) is 46.0 Å². The number of aliphatic hydroxyl groups is 6. The van der Waals surface area contributed by atoms with Crippen LogP contribution in [0.25, 0.3) is 11.1 Å². The molecule has 111 heavy (non-hydrogen) atoms. The zero-order chi connectivity index (χ0) is 80.7. The number of phenols is 3. The van der Waals surface area contributed by atoms with Crippen molar-refractivity contribution in [2.24, 2.45) is 22.5 Å². The molecule has 592 valence electrons. The Kier molecular flexibility index (Phi) is 24.1. The van der Waals surface area contributed by atoms with Crippen molar-refractivity contribution in [3.8, 4) is 57.1 Å². The van der Waals surface area contributed by atoms with Gasteiger partial charge in [-0.1, -0.05) is 72.9 Å². The highest BCUT2D eigenvalue weighted by Gasteiger charge is 2.52. The van der Waals surface area contributed by atoms with Crippen molar-refractivity contribution in [3.05, 3.63) is 147 Å². The number of nitrogens with two attached hydrogens (primary N) is 2. The maximum absolute atomic E-state index is 16.2. The van der Waals surface area contributed by atoms with E-state index in [0.29, 0.717) is 5.56 Å². The topological polar surface area (TPSA) is 577 Å². The Bertz CT molecular complexity index is 4830. The number of carbonyl (C=O) groups is 8. The van der Waals surface area contributed by atoms with Gasteiger partial charge in [0.25, 0.3) is 15.9 Å². The number of aryl methyl sites for hydroxylation is 1. The Balaban J connectivity index is 1.14. The van der Waals surface area contributed by atoms with E-state index in [0.717, 1.165) is 78.9 Å². The van der Waals surface area contributed by atoms with Crippen molar-refractivity contribution in [1.29, 1.82) is 0 Å². The molecule has 17 atom stereocenters. The van der Waals surface area contributed by atoms with E-state index in [-0.39, 0.29) is 28.9 Å². The molecule has 0 aromatic heterocycles. The molecule has 11 bridgehead atoms. The molecule has 36 nitrogen and oxygen atoms in total. The highest BCUT2D eigenvalue weighted by molar-refractivity contribution is 7.89. The molecule has 7 aliphatic rings. The highest BCUT2D eigenvalue weighted by Crippen LogP contribution is 2.50. The number of hydrogen-bond acceptors (Lipinski definition) is 27. The standard InChI is InChI=1S/C72H78Cl2N10O26S/c1-27(2)16-41(83-84-111(103,104)35-11-6-28(3)7-12-35)65(96)81-55-57(90)31-9-14-44(38(73)18-31)106-46-20-33-21-47(61(46)110-71-62(60(93)59(92)48(26-85)108-71)109-50-25-72(5,76)63(94)29(4)105-50)107-45-15-10-32(19-39(45)74)58(91)56-69(100)80-54(70(101)102)37-22-34(86)23-43(88)51(37)36-17-30(8-13-42(36)87)52(66(97)82-56)79-67(98)53(33)78-64(95)40(24-49(75)89)77-68(55)99/h6-15,17-23,27,29,40,48,50,52-60,62-63,71,84-88,90-94H,16,24-26,76H2,1-5H3,(H2,75,89)(H,77,99)(H,78,95)(H,79,98)(H,80,100)(H,81,96)(H,82,97)(H,101,102)/b83-41+/t29-,40-,48-,50-,52+,53+,54-,55+,56-,57+,58+,59-,60+,62-,63+,71+,72-/m0/s1. The normalized spacial score (nSPS) is 27.8. The molecule has 2 saturated heterocycles. The first-order chi connectivity index (χ1) is 52.3. The summed E-state index contributed by atoms with van der Waals surface area (Å²) in [4.78, 5) is 120. The van der Waals surface area contributed by atoms with Crippen molar-refractivity contribution in [2.75, 3.05) is 6.61 Å². The number of amides is 7. The smallest absolute Gasteiger partial charge is 0.330 e. The third-order valence-electron chi connectivity index (χ3n) is 18.9. The van der Waals surface area contributed by atoms with Crippen LogP contribution >= 0.6 is 23.2 Å². The monoisotopic (exact) mass is 1600 g/mol. The van der Waals surface area contributed by atoms with Gasteiger partial charge >= 0.3 is 5.97 Å². The van der Waals surface area contributed by atoms with Gasteiger partial charge in [0.05, 0.1) is 40.2 Å². The summed E-state index contributed by atoms with van der Waals surface area (Å²) >= 11 is 14.2. The molecule has 7 heterocycles. The molecule has 0 unspecified atom stereocenters. The summed E-state index contributed by atoms with van der Waals surface area (Å²) in [5.74, 6) is -17.7. The maximum atomic E-state index is 16.2. The zero-order valence-corrected chi connectivity index (χ0v) is 61.6. The molecule has 0 spiro atoms. The van der Waals surface area contributed by atoms with Gasteiger partial charge in [0.15, 0.2) is 29.9 Å². The van der Waals surface area contributed by atoms with Crippen LogP contribution in [0.4, 0.5) is 0 Å². The summed E-state index contributed by atoms with van der Waals surface area (Å²) in [6.45, 7) is 6.94. The third kappa shape index (κ3) is 17.6. The second kappa shape index (κ2) is 32.8. The first kappa shape index (κ1) is 81.5. The van der Waals surface area contributed by atoms with Crippen LogP contribution < -0.4 is 62.4 Å².